The fourth-order valence-corrected chi connectivity index (χ4v) is 2.63. The Morgan fingerprint density at radius 1 is 1.40 bits per heavy atom. The van der Waals surface area contributed by atoms with Gasteiger partial charge >= 0.3 is 0 Å². The molecule has 0 saturated carbocycles. The molecule has 1 unspecified atom stereocenters. The average Bonchev–Trinajstić information content (AvgIpc) is 2.38. The molecular formula is C15H19F2N3. The van der Waals surface area contributed by atoms with Gasteiger partial charge < -0.3 is 10.6 Å². The molecule has 1 atom stereocenters. The first kappa shape index (κ1) is 14.7. The molecule has 1 aromatic rings. The van der Waals surface area contributed by atoms with E-state index in [1.54, 1.807) is 6.07 Å². The van der Waals surface area contributed by atoms with Gasteiger partial charge in [-0.15, -0.1) is 0 Å². The molecule has 0 aromatic heterocycles. The summed E-state index contributed by atoms with van der Waals surface area (Å²) in [4.78, 5) is 0. The molecule has 0 bridgehead atoms. The van der Waals surface area contributed by atoms with E-state index in [4.69, 9.17) is 5.26 Å². The van der Waals surface area contributed by atoms with E-state index in [2.05, 4.69) is 24.5 Å². The van der Waals surface area contributed by atoms with Gasteiger partial charge in [0.2, 0.25) is 0 Å². The molecule has 1 saturated heterocycles. The van der Waals surface area contributed by atoms with Gasteiger partial charge in [0.1, 0.15) is 5.69 Å². The number of benzene rings is 1. The van der Waals surface area contributed by atoms with Crippen LogP contribution in [0.25, 0.3) is 0 Å². The summed E-state index contributed by atoms with van der Waals surface area (Å²) in [6.45, 7) is 5.68. The lowest BCUT2D eigenvalue weighted by Crippen LogP contribution is -2.50. The lowest BCUT2D eigenvalue weighted by atomic mass is 9.77. The van der Waals surface area contributed by atoms with Crippen LogP contribution in [0.4, 0.5) is 14.5 Å². The molecule has 20 heavy (non-hydrogen) atoms. The fourth-order valence-electron chi connectivity index (χ4n) is 2.63. The minimum atomic E-state index is -0.727. The average molecular weight is 279 g/mol. The molecule has 3 nitrogen and oxygen atoms in total. The van der Waals surface area contributed by atoms with Crippen molar-refractivity contribution in [3.8, 4) is 6.07 Å². The molecule has 5 heteroatoms. The molecule has 2 N–H and O–H groups in total. The summed E-state index contributed by atoms with van der Waals surface area (Å²) in [5.74, 6) is -1.45. The highest BCUT2D eigenvalue weighted by molar-refractivity contribution is 5.50. The van der Waals surface area contributed by atoms with Crippen molar-refractivity contribution in [3.05, 3.63) is 29.3 Å². The van der Waals surface area contributed by atoms with Gasteiger partial charge in [0.15, 0.2) is 11.6 Å². The third-order valence-corrected chi connectivity index (χ3v) is 3.99. The van der Waals surface area contributed by atoms with Crippen LogP contribution in [0.2, 0.25) is 0 Å². The van der Waals surface area contributed by atoms with Gasteiger partial charge in [-0.2, -0.15) is 5.26 Å². The molecule has 1 aliphatic rings. The van der Waals surface area contributed by atoms with Crippen molar-refractivity contribution < 1.29 is 8.78 Å². The van der Waals surface area contributed by atoms with Crippen LogP contribution in [0.15, 0.2) is 12.1 Å². The molecule has 1 aliphatic heterocycles. The smallest absolute Gasteiger partial charge is 0.150 e. The maximum Gasteiger partial charge on any atom is 0.150 e. The largest absolute Gasteiger partial charge is 0.379 e. The zero-order valence-electron chi connectivity index (χ0n) is 11.8. The summed E-state index contributed by atoms with van der Waals surface area (Å²) >= 11 is 0. The Balaban J connectivity index is 2.10. The van der Waals surface area contributed by atoms with Gasteiger partial charge in [-0.1, -0.05) is 13.8 Å². The normalized spacial score (nSPS) is 21.2. The Hall–Kier alpha value is -1.67. The third-order valence-electron chi connectivity index (χ3n) is 3.99. The van der Waals surface area contributed by atoms with Crippen LogP contribution in [-0.2, 0) is 0 Å². The number of halogens is 2. The first-order valence-electron chi connectivity index (χ1n) is 6.80. The lowest BCUT2D eigenvalue weighted by molar-refractivity contribution is 0.188. The standard InChI is InChI=1S/C15H19F2N3/c1-15(2)4-3-5-19-13(15)9-20-14-11(16)6-10(8-18)7-12(14)17/h6-7,13,19-20H,3-5,9H2,1-2H3. The molecule has 1 heterocycles. The first-order chi connectivity index (χ1) is 9.44. The lowest BCUT2D eigenvalue weighted by Gasteiger charge is -2.39. The third kappa shape index (κ3) is 3.07. The maximum absolute atomic E-state index is 13.8. The van der Waals surface area contributed by atoms with Crippen molar-refractivity contribution in [2.75, 3.05) is 18.4 Å². The molecule has 1 fully saturated rings. The number of rotatable bonds is 3. The minimum absolute atomic E-state index is 0.0123. The Kier molecular flexibility index (Phi) is 4.24. The molecule has 2 rings (SSSR count). The number of piperidine rings is 1. The highest BCUT2D eigenvalue weighted by Crippen LogP contribution is 2.30. The van der Waals surface area contributed by atoms with Gasteiger partial charge in [-0.05, 0) is 36.9 Å². The number of hydrogen-bond donors (Lipinski definition) is 2. The number of hydrogen-bond acceptors (Lipinski definition) is 3. The monoisotopic (exact) mass is 279 g/mol. The van der Waals surface area contributed by atoms with E-state index >= 15 is 0 Å². The minimum Gasteiger partial charge on any atom is -0.379 e. The SMILES string of the molecule is CC1(C)CCCNC1CNc1c(F)cc(C#N)cc1F. The van der Waals surface area contributed by atoms with Crippen LogP contribution in [-0.4, -0.2) is 19.1 Å². The van der Waals surface area contributed by atoms with Crippen molar-refractivity contribution in [2.24, 2.45) is 5.41 Å². The molecule has 0 radical (unpaired) electrons. The van der Waals surface area contributed by atoms with Gasteiger partial charge in [0.05, 0.1) is 11.6 Å². The summed E-state index contributed by atoms with van der Waals surface area (Å²) in [5.41, 5.74) is -0.0843. The number of nitrogens with one attached hydrogen (secondary N) is 2. The maximum atomic E-state index is 13.8. The quantitative estimate of drug-likeness (QED) is 0.894. The van der Waals surface area contributed by atoms with Crippen LogP contribution in [0.1, 0.15) is 32.3 Å². The van der Waals surface area contributed by atoms with Crippen LogP contribution >= 0.6 is 0 Å². The van der Waals surface area contributed by atoms with Crippen molar-refractivity contribution >= 4 is 5.69 Å². The van der Waals surface area contributed by atoms with E-state index < -0.39 is 11.6 Å². The second-order valence-electron chi connectivity index (χ2n) is 5.91. The zero-order chi connectivity index (χ0) is 14.8. The van der Waals surface area contributed by atoms with Crippen molar-refractivity contribution in [3.63, 3.8) is 0 Å². The van der Waals surface area contributed by atoms with E-state index in [1.807, 2.05) is 0 Å². The molecular weight excluding hydrogens is 260 g/mol. The van der Waals surface area contributed by atoms with Gasteiger partial charge in [0.25, 0.3) is 0 Å². The van der Waals surface area contributed by atoms with Crippen LogP contribution in [0.3, 0.4) is 0 Å². The van der Waals surface area contributed by atoms with Crippen LogP contribution in [0.5, 0.6) is 0 Å². The zero-order valence-corrected chi connectivity index (χ0v) is 11.8. The summed E-state index contributed by atoms with van der Waals surface area (Å²) in [6, 6.07) is 3.99. The van der Waals surface area contributed by atoms with E-state index in [0.29, 0.717) is 6.54 Å². The van der Waals surface area contributed by atoms with Crippen LogP contribution < -0.4 is 10.6 Å². The predicted octanol–water partition coefficient (Wildman–Crippen LogP) is 3.03. The van der Waals surface area contributed by atoms with Crippen molar-refractivity contribution in [2.45, 2.75) is 32.7 Å². The molecule has 1 aromatic carbocycles. The molecule has 108 valence electrons. The highest BCUT2D eigenvalue weighted by Gasteiger charge is 2.31. The fraction of sp³-hybridized carbons (Fsp3) is 0.533. The number of anilines is 1. The summed E-state index contributed by atoms with van der Waals surface area (Å²) in [7, 11) is 0. The van der Waals surface area contributed by atoms with Gasteiger partial charge in [-0.3, -0.25) is 0 Å². The number of nitriles is 1. The Morgan fingerprint density at radius 2 is 2.05 bits per heavy atom. The first-order valence-corrected chi connectivity index (χ1v) is 6.80. The van der Waals surface area contributed by atoms with E-state index in [1.165, 1.54) is 0 Å². The summed E-state index contributed by atoms with van der Waals surface area (Å²) < 4.78 is 27.5. The van der Waals surface area contributed by atoms with E-state index in [9.17, 15) is 8.78 Å². The van der Waals surface area contributed by atoms with Crippen molar-refractivity contribution in [1.82, 2.24) is 5.32 Å². The predicted molar refractivity (Wildman–Crippen MR) is 74.4 cm³/mol. The summed E-state index contributed by atoms with van der Waals surface area (Å²) in [5, 5.41) is 14.9. The van der Waals surface area contributed by atoms with E-state index in [-0.39, 0.29) is 22.7 Å². The summed E-state index contributed by atoms with van der Waals surface area (Å²) in [6.07, 6.45) is 2.20. The van der Waals surface area contributed by atoms with Crippen LogP contribution in [0, 0.1) is 28.4 Å². The van der Waals surface area contributed by atoms with Gasteiger partial charge in [0, 0.05) is 12.6 Å². The second kappa shape index (κ2) is 5.76. The molecule has 0 aliphatic carbocycles. The Labute approximate surface area is 118 Å². The van der Waals surface area contributed by atoms with Crippen molar-refractivity contribution in [1.29, 1.82) is 5.26 Å². The molecule has 0 spiro atoms. The topological polar surface area (TPSA) is 47.8 Å². The second-order valence-corrected chi connectivity index (χ2v) is 5.91. The number of nitrogens with zero attached hydrogens (tertiary/aromatic N) is 1. The highest BCUT2D eigenvalue weighted by atomic mass is 19.1. The van der Waals surface area contributed by atoms with E-state index in [0.717, 1.165) is 31.5 Å². The Bertz CT molecular complexity index is 511. The Morgan fingerprint density at radius 3 is 2.60 bits per heavy atom. The van der Waals surface area contributed by atoms with Gasteiger partial charge in [-0.25, -0.2) is 8.78 Å². The molecule has 0 amide bonds.